The van der Waals surface area contributed by atoms with Crippen LogP contribution < -0.4 is 0 Å². The van der Waals surface area contributed by atoms with E-state index in [0.717, 1.165) is 0 Å². The van der Waals surface area contributed by atoms with Crippen LogP contribution in [0.5, 0.6) is 0 Å². The van der Waals surface area contributed by atoms with Crippen molar-refractivity contribution in [2.45, 2.75) is 160 Å². The number of hydrogen-bond acceptors (Lipinski definition) is 8. The third kappa shape index (κ3) is 50.0. The predicted octanol–water partition coefficient (Wildman–Crippen LogP) is 10.4. The third-order valence-electron chi connectivity index (χ3n) is 3.25. The van der Waals surface area contributed by atoms with Crippen molar-refractivity contribution in [3.8, 4) is 0 Å². The monoisotopic (exact) mass is 838 g/mol. The van der Waals surface area contributed by atoms with E-state index in [-0.39, 0.29) is 76.1 Å². The average molecular weight is 837 g/mol. The molecule has 0 aromatic heterocycles. The molecule has 0 aromatic rings. The predicted molar refractivity (Wildman–Crippen MR) is 189 cm³/mol. The average Bonchev–Trinajstić information content (AvgIpc) is 2.59. The summed E-state index contributed by atoms with van der Waals surface area (Å²) in [5.41, 5.74) is 0. The van der Waals surface area contributed by atoms with Gasteiger partial charge in [0.15, 0.2) is 0 Å². The third-order valence-corrected chi connectivity index (χ3v) is 9.75. The van der Waals surface area contributed by atoms with Gasteiger partial charge in [0.05, 0.1) is 75.5 Å². The van der Waals surface area contributed by atoms with Gasteiger partial charge in [0.25, 0.3) is 0 Å². The Balaban J connectivity index is -0.000000157. The van der Waals surface area contributed by atoms with E-state index in [1.807, 2.05) is 111 Å². The molecule has 0 aliphatic rings. The van der Waals surface area contributed by atoms with E-state index in [2.05, 4.69) is 0 Å². The molecule has 272 valence electrons. The smallest absolute Gasteiger partial charge is 0.270 e. The van der Waals surface area contributed by atoms with Crippen molar-refractivity contribution >= 4 is 30.4 Å². The van der Waals surface area contributed by atoms with Gasteiger partial charge in [0.1, 0.15) is 0 Å². The normalized spacial score (nSPS) is 12.7. The summed E-state index contributed by atoms with van der Waals surface area (Å²) in [5.74, 6) is 0. The van der Waals surface area contributed by atoms with Gasteiger partial charge in [-0.15, -0.1) is 0 Å². The fourth-order valence-electron chi connectivity index (χ4n) is 3.23. The molecular weight excluding hydrogens is 765 g/mol. The first-order valence-electron chi connectivity index (χ1n) is 15.2. The largest absolute Gasteiger partial charge is 2.00 e. The maximum atomic E-state index is 9.52. The van der Waals surface area contributed by atoms with Crippen molar-refractivity contribution in [2.75, 3.05) is 26.7 Å². The van der Waals surface area contributed by atoms with Gasteiger partial charge >= 0.3 is 57.7 Å². The van der Waals surface area contributed by atoms with Crippen LogP contribution in [0.3, 0.4) is 0 Å². The van der Waals surface area contributed by atoms with Crippen molar-refractivity contribution in [3.63, 3.8) is 0 Å². The molecule has 0 amide bonds. The standard InChI is InChI=1S/4C7H17O3P.Cd/c4*1-6(2)9-11(5,8)10-7(3)4;/h4*6-7H,1-5H3;/q;;;;+2/p+4. The van der Waals surface area contributed by atoms with Crippen molar-refractivity contribution < 1.29 is 81.7 Å². The van der Waals surface area contributed by atoms with Gasteiger partial charge < -0.3 is 0 Å². The Hall–Kier alpha value is 1.52. The first kappa shape index (κ1) is 55.9. The topological polar surface area (TPSA) is 159 Å². The zero-order valence-electron chi connectivity index (χ0n) is 32.2. The second-order valence-electron chi connectivity index (χ2n) is 12.4. The van der Waals surface area contributed by atoms with Crippen LogP contribution in [0.1, 0.15) is 111 Å². The van der Waals surface area contributed by atoms with E-state index in [4.69, 9.17) is 36.2 Å². The van der Waals surface area contributed by atoms with E-state index >= 15 is 0 Å². The van der Waals surface area contributed by atoms with E-state index in [1.54, 1.807) is 26.7 Å². The van der Waals surface area contributed by atoms with Gasteiger partial charge in [-0.3, -0.25) is 54.5 Å². The minimum atomic E-state index is -2.55. The van der Waals surface area contributed by atoms with Gasteiger partial charge in [-0.25, -0.2) is 0 Å². The van der Waals surface area contributed by atoms with Crippen LogP contribution >= 0.6 is 30.4 Å². The molecule has 0 aliphatic carbocycles. The van der Waals surface area contributed by atoms with Crippen LogP contribution in [0.25, 0.3) is 0 Å². The molecule has 0 aromatic carbocycles. The molecule has 0 bridgehead atoms. The maximum Gasteiger partial charge on any atom is 2.00 e. The molecule has 45 heavy (non-hydrogen) atoms. The molecule has 0 heterocycles. The van der Waals surface area contributed by atoms with Crippen molar-refractivity contribution in [2.24, 2.45) is 0 Å². The molecule has 0 radical (unpaired) electrons. The summed E-state index contributed by atoms with van der Waals surface area (Å²) < 4.78 is 79.6. The SMILES string of the molecule is CC(C)OP(C)(=[OH+])OC(C)C.CC(C)OP(C)(=[OH+])OC(C)C.CC(C)OP(C)(=[OH+])OC(C)C.CC(C)OP(C)(=[OH+])OC(C)C.[Cd+2]. The summed E-state index contributed by atoms with van der Waals surface area (Å²) in [6, 6.07) is 0. The fourth-order valence-corrected chi connectivity index (χ4v) is 9.69. The van der Waals surface area contributed by atoms with E-state index < -0.39 is 30.4 Å². The van der Waals surface area contributed by atoms with Crippen LogP contribution in [-0.4, -0.2) is 93.8 Å². The van der Waals surface area contributed by atoms with Crippen LogP contribution in [0, 0.1) is 0 Å². The Bertz CT molecular complexity index is 710. The van der Waals surface area contributed by atoms with Gasteiger partial charge in [-0.1, -0.05) is 0 Å². The second-order valence-corrected chi connectivity index (χ2v) is 20.6. The summed E-state index contributed by atoms with van der Waals surface area (Å²) >= 11 is 0. The van der Waals surface area contributed by atoms with E-state index in [9.17, 15) is 18.3 Å². The number of rotatable bonds is 16. The first-order valence-corrected chi connectivity index (χ1v) is 23.3. The van der Waals surface area contributed by atoms with Gasteiger partial charge in [0, 0.05) is 0 Å². The molecule has 0 atom stereocenters. The summed E-state index contributed by atoms with van der Waals surface area (Å²) in [4.78, 5) is 0. The van der Waals surface area contributed by atoms with Crippen LogP contribution in [-0.2, 0) is 63.5 Å². The fraction of sp³-hybridized carbons (Fsp3) is 1.00. The molecule has 0 saturated carbocycles. The maximum absolute atomic E-state index is 9.52. The molecule has 17 heteroatoms. The Morgan fingerprint density at radius 3 is 0.378 bits per heavy atom. The molecule has 0 unspecified atom stereocenters. The number of hydrogen-bond donors (Lipinski definition) is 0. The molecule has 0 rings (SSSR count). The van der Waals surface area contributed by atoms with Crippen molar-refractivity contribution in [1.29, 1.82) is 0 Å². The van der Waals surface area contributed by atoms with Crippen LogP contribution in [0.2, 0.25) is 0 Å². The summed E-state index contributed by atoms with van der Waals surface area (Å²) in [6.07, 6.45) is 0.0895. The Morgan fingerprint density at radius 2 is 0.333 bits per heavy atom. The van der Waals surface area contributed by atoms with Crippen molar-refractivity contribution in [1.82, 2.24) is 0 Å². The molecule has 0 saturated heterocycles. The molecule has 0 aliphatic heterocycles. The van der Waals surface area contributed by atoms with Crippen molar-refractivity contribution in [3.05, 3.63) is 0 Å². The van der Waals surface area contributed by atoms with Gasteiger partial charge in [-0.05, 0) is 111 Å². The molecule has 12 nitrogen and oxygen atoms in total. The molecule has 0 spiro atoms. The van der Waals surface area contributed by atoms with Crippen LogP contribution in [0.4, 0.5) is 0 Å². The zero-order valence-corrected chi connectivity index (χ0v) is 39.8. The Kier molecular flexibility index (Phi) is 33.9. The molecule has 0 fully saturated rings. The summed E-state index contributed by atoms with van der Waals surface area (Å²) in [5, 5.41) is 0. The van der Waals surface area contributed by atoms with Crippen LogP contribution in [0.15, 0.2) is 0 Å². The Morgan fingerprint density at radius 1 is 0.267 bits per heavy atom. The zero-order chi connectivity index (χ0) is 36.3. The quantitative estimate of drug-likeness (QED) is 0.0844. The molecular formula is C28H72CdO12P4+6. The van der Waals surface area contributed by atoms with Gasteiger partial charge in [-0.2, -0.15) is 0 Å². The Labute approximate surface area is 297 Å². The van der Waals surface area contributed by atoms with E-state index in [1.165, 1.54) is 0 Å². The summed E-state index contributed by atoms with van der Waals surface area (Å²) in [7, 11) is -10.2. The minimum absolute atomic E-state index is 0. The minimum Gasteiger partial charge on any atom is -0.270 e. The second kappa shape index (κ2) is 27.3. The molecule has 4 N–H and O–H groups in total. The first-order chi connectivity index (χ1) is 19.3. The van der Waals surface area contributed by atoms with E-state index in [0.29, 0.717) is 0 Å². The summed E-state index contributed by atoms with van der Waals surface area (Å²) in [6.45, 7) is 36.4. The van der Waals surface area contributed by atoms with Gasteiger partial charge in [0.2, 0.25) is 0 Å².